The molecule has 16 heavy (non-hydrogen) atoms. The van der Waals surface area contributed by atoms with Gasteiger partial charge in [0.2, 0.25) is 0 Å². The second-order valence-corrected chi connectivity index (χ2v) is 5.00. The fourth-order valence-electron chi connectivity index (χ4n) is 2.81. The zero-order chi connectivity index (χ0) is 11.8. The Morgan fingerprint density at radius 3 is 2.50 bits per heavy atom. The summed E-state index contributed by atoms with van der Waals surface area (Å²) in [5, 5.41) is 8.93. The van der Waals surface area contributed by atoms with Crippen LogP contribution in [0.15, 0.2) is 0 Å². The summed E-state index contributed by atoms with van der Waals surface area (Å²) in [7, 11) is 0. The van der Waals surface area contributed by atoms with E-state index in [1.165, 1.54) is 0 Å². The van der Waals surface area contributed by atoms with Crippen molar-refractivity contribution >= 4 is 5.97 Å². The third-order valence-corrected chi connectivity index (χ3v) is 3.80. The van der Waals surface area contributed by atoms with E-state index >= 15 is 0 Å². The Hall–Kier alpha value is -0.610. The van der Waals surface area contributed by atoms with Crippen molar-refractivity contribution in [1.29, 1.82) is 0 Å². The van der Waals surface area contributed by atoms with Crippen molar-refractivity contribution in [2.24, 2.45) is 5.92 Å². The van der Waals surface area contributed by atoms with Gasteiger partial charge in [0.25, 0.3) is 0 Å². The lowest BCUT2D eigenvalue weighted by molar-refractivity contribution is -0.228. The molecule has 1 spiro atoms. The Morgan fingerprint density at radius 1 is 1.31 bits per heavy atom. The molecule has 1 aliphatic heterocycles. The van der Waals surface area contributed by atoms with Crippen LogP contribution in [0.4, 0.5) is 0 Å². The standard InChI is InChI=1S/C12H20O4/c1-8-9(2)16-12(15-8)6-4-3-5-10(12)7-11(13)14/h8-10H,3-7H2,1-2H3,(H,13,14)/t8-,9-,10-/m1/s1. The van der Waals surface area contributed by atoms with E-state index in [0.29, 0.717) is 0 Å². The molecular weight excluding hydrogens is 208 g/mol. The Balaban J connectivity index is 2.12. The molecular formula is C12H20O4. The monoisotopic (exact) mass is 228 g/mol. The number of aliphatic carboxylic acids is 1. The molecule has 1 aliphatic carbocycles. The molecule has 0 aromatic carbocycles. The second-order valence-electron chi connectivity index (χ2n) is 5.00. The van der Waals surface area contributed by atoms with Gasteiger partial charge >= 0.3 is 5.97 Å². The first-order valence-electron chi connectivity index (χ1n) is 6.11. The Morgan fingerprint density at radius 2 is 1.94 bits per heavy atom. The molecule has 4 heteroatoms. The lowest BCUT2D eigenvalue weighted by Crippen LogP contribution is -2.43. The Bertz CT molecular complexity index is 266. The van der Waals surface area contributed by atoms with E-state index in [1.54, 1.807) is 0 Å². The van der Waals surface area contributed by atoms with Gasteiger partial charge in [-0.05, 0) is 26.7 Å². The summed E-state index contributed by atoms with van der Waals surface area (Å²) in [6.07, 6.45) is 4.15. The first-order valence-corrected chi connectivity index (χ1v) is 6.11. The smallest absolute Gasteiger partial charge is 0.303 e. The summed E-state index contributed by atoms with van der Waals surface area (Å²) in [4.78, 5) is 10.9. The van der Waals surface area contributed by atoms with Crippen LogP contribution in [0.25, 0.3) is 0 Å². The summed E-state index contributed by atoms with van der Waals surface area (Å²) < 4.78 is 11.9. The number of carboxylic acids is 1. The lowest BCUT2D eigenvalue weighted by Gasteiger charge is -2.39. The van der Waals surface area contributed by atoms with E-state index in [1.807, 2.05) is 13.8 Å². The highest BCUT2D eigenvalue weighted by Crippen LogP contribution is 2.45. The van der Waals surface area contributed by atoms with Crippen LogP contribution in [-0.2, 0) is 14.3 Å². The lowest BCUT2D eigenvalue weighted by atomic mass is 9.81. The van der Waals surface area contributed by atoms with E-state index in [0.717, 1.165) is 25.7 Å². The van der Waals surface area contributed by atoms with E-state index in [2.05, 4.69) is 0 Å². The van der Waals surface area contributed by atoms with Crippen molar-refractivity contribution < 1.29 is 19.4 Å². The van der Waals surface area contributed by atoms with Crippen LogP contribution >= 0.6 is 0 Å². The summed E-state index contributed by atoms with van der Waals surface area (Å²) in [6, 6.07) is 0. The fourth-order valence-corrected chi connectivity index (χ4v) is 2.81. The fraction of sp³-hybridized carbons (Fsp3) is 0.917. The van der Waals surface area contributed by atoms with Gasteiger partial charge in [-0.25, -0.2) is 0 Å². The van der Waals surface area contributed by atoms with Gasteiger partial charge < -0.3 is 14.6 Å². The predicted octanol–water partition coefficient (Wildman–Crippen LogP) is 2.17. The van der Waals surface area contributed by atoms with Gasteiger partial charge in [-0.1, -0.05) is 6.42 Å². The van der Waals surface area contributed by atoms with Crippen LogP contribution in [0.3, 0.4) is 0 Å². The van der Waals surface area contributed by atoms with E-state index < -0.39 is 11.8 Å². The topological polar surface area (TPSA) is 55.8 Å². The molecule has 2 rings (SSSR count). The third-order valence-electron chi connectivity index (χ3n) is 3.80. The van der Waals surface area contributed by atoms with Crippen LogP contribution in [-0.4, -0.2) is 29.1 Å². The van der Waals surface area contributed by atoms with Gasteiger partial charge in [-0.3, -0.25) is 4.79 Å². The number of hydrogen-bond acceptors (Lipinski definition) is 3. The summed E-state index contributed by atoms with van der Waals surface area (Å²) >= 11 is 0. The Kier molecular flexibility index (Phi) is 3.22. The molecule has 2 fully saturated rings. The molecule has 3 atom stereocenters. The molecule has 1 N–H and O–H groups in total. The highest BCUT2D eigenvalue weighted by molar-refractivity contribution is 5.67. The number of ether oxygens (including phenoxy) is 2. The Labute approximate surface area is 95.9 Å². The highest BCUT2D eigenvalue weighted by atomic mass is 16.8. The molecule has 1 saturated carbocycles. The zero-order valence-electron chi connectivity index (χ0n) is 9.94. The maximum Gasteiger partial charge on any atom is 0.303 e. The van der Waals surface area contributed by atoms with Crippen molar-refractivity contribution in [2.75, 3.05) is 0 Å². The molecule has 4 nitrogen and oxygen atoms in total. The summed E-state index contributed by atoms with van der Waals surface area (Å²) in [5.74, 6) is -1.37. The molecule has 0 aromatic heterocycles. The number of carboxylic acid groups (broad SMARTS) is 1. The minimum absolute atomic E-state index is 0.00569. The van der Waals surface area contributed by atoms with E-state index in [9.17, 15) is 4.79 Å². The van der Waals surface area contributed by atoms with Gasteiger partial charge in [-0.2, -0.15) is 0 Å². The second kappa shape index (κ2) is 4.34. The largest absolute Gasteiger partial charge is 0.481 e. The molecule has 0 aromatic rings. The van der Waals surface area contributed by atoms with Gasteiger partial charge in [0.05, 0.1) is 18.6 Å². The van der Waals surface area contributed by atoms with Crippen LogP contribution in [0.5, 0.6) is 0 Å². The summed E-state index contributed by atoms with van der Waals surface area (Å²) in [5.41, 5.74) is 0. The van der Waals surface area contributed by atoms with Gasteiger partial charge in [-0.15, -0.1) is 0 Å². The number of hydrogen-bond donors (Lipinski definition) is 1. The van der Waals surface area contributed by atoms with Crippen LogP contribution in [0, 0.1) is 5.92 Å². The van der Waals surface area contributed by atoms with Gasteiger partial charge in [0.15, 0.2) is 5.79 Å². The van der Waals surface area contributed by atoms with Crippen molar-refractivity contribution in [1.82, 2.24) is 0 Å². The SMILES string of the molecule is C[C@H]1OC2(CCCC[C@@H]2CC(=O)O)O[C@@H]1C. The average Bonchev–Trinajstić information content (AvgIpc) is 2.47. The van der Waals surface area contributed by atoms with Crippen molar-refractivity contribution in [2.45, 2.75) is 63.9 Å². The minimum Gasteiger partial charge on any atom is -0.481 e. The van der Waals surface area contributed by atoms with Crippen LogP contribution < -0.4 is 0 Å². The normalized spacial score (nSPS) is 37.8. The third kappa shape index (κ3) is 2.09. The molecule has 0 unspecified atom stereocenters. The number of rotatable bonds is 2. The van der Waals surface area contributed by atoms with E-state index in [-0.39, 0.29) is 24.5 Å². The first-order chi connectivity index (χ1) is 7.53. The average molecular weight is 228 g/mol. The van der Waals surface area contributed by atoms with Crippen LogP contribution in [0.2, 0.25) is 0 Å². The van der Waals surface area contributed by atoms with Crippen molar-refractivity contribution in [3.8, 4) is 0 Å². The molecule has 0 amide bonds. The highest BCUT2D eigenvalue weighted by Gasteiger charge is 2.51. The summed E-state index contributed by atoms with van der Waals surface area (Å²) in [6.45, 7) is 3.98. The maximum atomic E-state index is 10.9. The molecule has 92 valence electrons. The van der Waals surface area contributed by atoms with Gasteiger partial charge in [0.1, 0.15) is 0 Å². The molecule has 0 radical (unpaired) electrons. The maximum absolute atomic E-state index is 10.9. The molecule has 0 bridgehead atoms. The molecule has 2 aliphatic rings. The van der Waals surface area contributed by atoms with Crippen molar-refractivity contribution in [3.05, 3.63) is 0 Å². The van der Waals surface area contributed by atoms with Crippen molar-refractivity contribution in [3.63, 3.8) is 0 Å². The molecule has 1 saturated heterocycles. The predicted molar refractivity (Wildman–Crippen MR) is 58.0 cm³/mol. The van der Waals surface area contributed by atoms with E-state index in [4.69, 9.17) is 14.6 Å². The quantitative estimate of drug-likeness (QED) is 0.787. The zero-order valence-corrected chi connectivity index (χ0v) is 9.94. The molecule has 1 heterocycles. The van der Waals surface area contributed by atoms with Gasteiger partial charge in [0, 0.05) is 12.3 Å². The number of carbonyl (C=O) groups is 1. The first kappa shape index (κ1) is 11.9. The minimum atomic E-state index is -0.759. The van der Waals surface area contributed by atoms with Crippen LogP contribution in [0.1, 0.15) is 46.0 Å².